The van der Waals surface area contributed by atoms with E-state index in [9.17, 15) is 18.0 Å². The predicted molar refractivity (Wildman–Crippen MR) is 59.6 cm³/mol. The van der Waals surface area contributed by atoms with Crippen LogP contribution in [0.3, 0.4) is 0 Å². The fraction of sp³-hybridized carbons (Fsp3) is 0.909. The van der Waals surface area contributed by atoms with Crippen LogP contribution in [0.15, 0.2) is 0 Å². The maximum Gasteiger partial charge on any atom is 0.412 e. The third-order valence-corrected chi connectivity index (χ3v) is 2.15. The maximum absolute atomic E-state index is 12.1. The van der Waals surface area contributed by atoms with Crippen molar-refractivity contribution in [2.45, 2.75) is 38.8 Å². The first-order valence-electron chi connectivity index (χ1n) is 5.84. The second-order valence-corrected chi connectivity index (χ2v) is 5.13. The molecule has 5 nitrogen and oxygen atoms in total. The highest BCUT2D eigenvalue weighted by Gasteiger charge is 2.35. The predicted octanol–water partition coefficient (Wildman–Crippen LogP) is 2.16. The van der Waals surface area contributed by atoms with Gasteiger partial charge < -0.3 is 14.2 Å². The summed E-state index contributed by atoms with van der Waals surface area (Å²) in [5.74, 6) is 0. The lowest BCUT2D eigenvalue weighted by Gasteiger charge is -2.36. The molecule has 1 aliphatic heterocycles. The average Bonchev–Trinajstić information content (AvgIpc) is 2.23. The van der Waals surface area contributed by atoms with Gasteiger partial charge in [0.05, 0.1) is 19.8 Å². The number of rotatable bonds is 2. The standard InChI is InChI=1S/C11H18F3NO4/c1-10(2,3)19-9(16)15-4-5-17-6-8(15)18-7-11(12,13)14/h8H,4-7H2,1-3H3. The fourth-order valence-corrected chi connectivity index (χ4v) is 1.44. The summed E-state index contributed by atoms with van der Waals surface area (Å²) < 4.78 is 51.1. The van der Waals surface area contributed by atoms with Gasteiger partial charge in [-0.1, -0.05) is 0 Å². The Morgan fingerprint density at radius 1 is 1.37 bits per heavy atom. The van der Waals surface area contributed by atoms with E-state index in [0.29, 0.717) is 0 Å². The SMILES string of the molecule is CC(C)(C)OC(=O)N1CCOCC1OCC(F)(F)F. The zero-order valence-electron chi connectivity index (χ0n) is 11.1. The van der Waals surface area contributed by atoms with Crippen LogP contribution in [0.25, 0.3) is 0 Å². The van der Waals surface area contributed by atoms with Gasteiger partial charge in [-0.2, -0.15) is 13.2 Å². The number of hydrogen-bond acceptors (Lipinski definition) is 4. The maximum atomic E-state index is 12.1. The van der Waals surface area contributed by atoms with Gasteiger partial charge in [-0.05, 0) is 20.8 Å². The molecule has 0 aromatic carbocycles. The summed E-state index contributed by atoms with van der Waals surface area (Å²) in [6, 6.07) is 0. The van der Waals surface area contributed by atoms with Gasteiger partial charge >= 0.3 is 12.3 Å². The molecule has 1 aliphatic rings. The van der Waals surface area contributed by atoms with Crippen LogP contribution in [0.1, 0.15) is 20.8 Å². The quantitative estimate of drug-likeness (QED) is 0.780. The van der Waals surface area contributed by atoms with Crippen LogP contribution in [0.4, 0.5) is 18.0 Å². The molecule has 0 bridgehead atoms. The van der Waals surface area contributed by atoms with Crippen molar-refractivity contribution < 1.29 is 32.2 Å². The minimum atomic E-state index is -4.45. The van der Waals surface area contributed by atoms with E-state index in [2.05, 4.69) is 4.74 Å². The summed E-state index contributed by atoms with van der Waals surface area (Å²) >= 11 is 0. The fourth-order valence-electron chi connectivity index (χ4n) is 1.44. The van der Waals surface area contributed by atoms with Crippen LogP contribution in [0.5, 0.6) is 0 Å². The molecule has 0 saturated carbocycles. The van der Waals surface area contributed by atoms with Crippen molar-refractivity contribution in [3.05, 3.63) is 0 Å². The van der Waals surface area contributed by atoms with Gasteiger partial charge in [-0.3, -0.25) is 4.90 Å². The van der Waals surface area contributed by atoms with Gasteiger partial charge in [0.25, 0.3) is 0 Å². The molecule has 1 fully saturated rings. The molecular formula is C11H18F3NO4. The summed E-state index contributed by atoms with van der Waals surface area (Å²) in [7, 11) is 0. The Morgan fingerprint density at radius 2 is 2.00 bits per heavy atom. The van der Waals surface area contributed by atoms with Gasteiger partial charge in [0.2, 0.25) is 0 Å². The highest BCUT2D eigenvalue weighted by molar-refractivity contribution is 5.68. The normalized spacial score (nSPS) is 21.4. The first kappa shape index (κ1) is 16.0. The zero-order chi connectivity index (χ0) is 14.7. The van der Waals surface area contributed by atoms with Gasteiger partial charge in [-0.25, -0.2) is 4.79 Å². The van der Waals surface area contributed by atoms with E-state index in [1.807, 2.05) is 0 Å². The molecule has 0 aliphatic carbocycles. The molecule has 1 saturated heterocycles. The summed E-state index contributed by atoms with van der Waals surface area (Å²) in [5.41, 5.74) is -0.718. The van der Waals surface area contributed by atoms with E-state index in [4.69, 9.17) is 9.47 Å². The van der Waals surface area contributed by atoms with E-state index in [-0.39, 0.29) is 19.8 Å². The number of amides is 1. The molecule has 112 valence electrons. The Kier molecular flexibility index (Phi) is 5.03. The summed E-state index contributed by atoms with van der Waals surface area (Å²) in [5, 5.41) is 0. The molecule has 0 N–H and O–H groups in total. The zero-order valence-corrected chi connectivity index (χ0v) is 11.1. The van der Waals surface area contributed by atoms with Crippen LogP contribution >= 0.6 is 0 Å². The third kappa shape index (κ3) is 6.11. The van der Waals surface area contributed by atoms with Gasteiger partial charge in [-0.15, -0.1) is 0 Å². The molecule has 1 atom stereocenters. The molecule has 1 unspecified atom stereocenters. The average molecular weight is 285 g/mol. The number of morpholine rings is 1. The van der Waals surface area contributed by atoms with Crippen LogP contribution < -0.4 is 0 Å². The number of alkyl halides is 3. The van der Waals surface area contributed by atoms with Gasteiger partial charge in [0.1, 0.15) is 12.2 Å². The van der Waals surface area contributed by atoms with Crippen molar-refractivity contribution in [3.63, 3.8) is 0 Å². The Morgan fingerprint density at radius 3 is 2.53 bits per heavy atom. The molecule has 8 heteroatoms. The van der Waals surface area contributed by atoms with Crippen molar-refractivity contribution in [2.24, 2.45) is 0 Å². The molecule has 1 heterocycles. The Hall–Kier alpha value is -1.02. The molecule has 0 radical (unpaired) electrons. The number of carbonyl (C=O) groups excluding carboxylic acids is 1. The Labute approximate surface area is 109 Å². The minimum absolute atomic E-state index is 0.102. The monoisotopic (exact) mass is 285 g/mol. The number of nitrogens with zero attached hydrogens (tertiary/aromatic N) is 1. The molecule has 0 aromatic rings. The summed E-state index contributed by atoms with van der Waals surface area (Å²) in [6.07, 6.45) is -6.23. The van der Waals surface area contributed by atoms with Crippen LogP contribution in [0, 0.1) is 0 Å². The van der Waals surface area contributed by atoms with Crippen LogP contribution in [-0.2, 0) is 14.2 Å². The lowest BCUT2D eigenvalue weighted by Crippen LogP contribution is -2.52. The highest BCUT2D eigenvalue weighted by atomic mass is 19.4. The summed E-state index contributed by atoms with van der Waals surface area (Å²) in [4.78, 5) is 12.9. The molecule has 0 aromatic heterocycles. The van der Waals surface area contributed by atoms with Crippen molar-refractivity contribution in [3.8, 4) is 0 Å². The first-order chi connectivity index (χ1) is 8.58. The van der Waals surface area contributed by atoms with Crippen LogP contribution in [0.2, 0.25) is 0 Å². The van der Waals surface area contributed by atoms with Gasteiger partial charge in [0.15, 0.2) is 6.23 Å². The third-order valence-electron chi connectivity index (χ3n) is 2.15. The van der Waals surface area contributed by atoms with Crippen molar-refractivity contribution in [1.82, 2.24) is 4.90 Å². The van der Waals surface area contributed by atoms with E-state index in [1.54, 1.807) is 20.8 Å². The topological polar surface area (TPSA) is 48.0 Å². The Balaban J connectivity index is 2.59. The molecular weight excluding hydrogens is 267 g/mol. The second-order valence-electron chi connectivity index (χ2n) is 5.13. The lowest BCUT2D eigenvalue weighted by atomic mass is 10.2. The van der Waals surface area contributed by atoms with Crippen molar-refractivity contribution >= 4 is 6.09 Å². The van der Waals surface area contributed by atoms with Crippen LogP contribution in [-0.4, -0.2) is 55.4 Å². The Bertz CT molecular complexity index is 314. The van der Waals surface area contributed by atoms with E-state index >= 15 is 0 Å². The highest BCUT2D eigenvalue weighted by Crippen LogP contribution is 2.19. The van der Waals surface area contributed by atoms with Crippen molar-refractivity contribution in [2.75, 3.05) is 26.4 Å². The van der Waals surface area contributed by atoms with Crippen molar-refractivity contribution in [1.29, 1.82) is 0 Å². The first-order valence-corrected chi connectivity index (χ1v) is 5.84. The number of hydrogen-bond donors (Lipinski definition) is 0. The molecule has 1 amide bonds. The number of ether oxygens (including phenoxy) is 3. The minimum Gasteiger partial charge on any atom is -0.444 e. The molecule has 0 spiro atoms. The van der Waals surface area contributed by atoms with E-state index in [1.165, 1.54) is 0 Å². The molecule has 19 heavy (non-hydrogen) atoms. The van der Waals surface area contributed by atoms with E-state index in [0.717, 1.165) is 4.90 Å². The lowest BCUT2D eigenvalue weighted by molar-refractivity contribution is -0.217. The number of carbonyl (C=O) groups is 1. The van der Waals surface area contributed by atoms with E-state index < -0.39 is 30.7 Å². The summed E-state index contributed by atoms with van der Waals surface area (Å²) in [6.45, 7) is 3.88. The number of halogens is 3. The second kappa shape index (κ2) is 5.96. The largest absolute Gasteiger partial charge is 0.444 e. The smallest absolute Gasteiger partial charge is 0.412 e. The molecule has 1 rings (SSSR count). The van der Waals surface area contributed by atoms with Gasteiger partial charge in [0, 0.05) is 0 Å².